The van der Waals surface area contributed by atoms with Crippen molar-refractivity contribution in [2.75, 3.05) is 18.9 Å². The summed E-state index contributed by atoms with van der Waals surface area (Å²) in [6.07, 6.45) is 6.29. The molecule has 1 aliphatic rings. The van der Waals surface area contributed by atoms with E-state index in [9.17, 15) is 4.79 Å². The maximum atomic E-state index is 12.1. The highest BCUT2D eigenvalue weighted by Crippen LogP contribution is 2.30. The van der Waals surface area contributed by atoms with Crippen LogP contribution < -0.4 is 11.1 Å². The van der Waals surface area contributed by atoms with Gasteiger partial charge in [-0.2, -0.15) is 0 Å². The standard InChI is InChI=1S/C17H26N2O2/c1-2-21-16(13-6-3-4-7-13)10-11-19-17(20)14-8-5-9-15(18)12-14/h5,8-9,12-13,16H,2-4,6-7,10-11,18H2,1H3,(H,19,20). The number of carbonyl (C=O) groups excluding carboxylic acids is 1. The van der Waals surface area contributed by atoms with Gasteiger partial charge in [0, 0.05) is 24.4 Å². The van der Waals surface area contributed by atoms with Crippen molar-refractivity contribution in [2.45, 2.75) is 45.1 Å². The Morgan fingerprint density at radius 2 is 2.19 bits per heavy atom. The molecule has 0 aromatic heterocycles. The SMILES string of the molecule is CCOC(CCNC(=O)c1cccc(N)c1)C1CCCC1. The van der Waals surface area contributed by atoms with Crippen LogP contribution in [0.1, 0.15) is 49.4 Å². The monoisotopic (exact) mass is 290 g/mol. The first-order chi connectivity index (χ1) is 10.2. The number of nitrogens with one attached hydrogen (secondary N) is 1. The van der Waals surface area contributed by atoms with Crippen molar-refractivity contribution in [1.82, 2.24) is 5.32 Å². The van der Waals surface area contributed by atoms with Gasteiger partial charge in [-0.25, -0.2) is 0 Å². The molecule has 1 saturated carbocycles. The van der Waals surface area contributed by atoms with Crippen molar-refractivity contribution in [3.8, 4) is 0 Å². The molecule has 4 nitrogen and oxygen atoms in total. The van der Waals surface area contributed by atoms with E-state index in [0.717, 1.165) is 13.0 Å². The van der Waals surface area contributed by atoms with Gasteiger partial charge in [-0.05, 0) is 50.3 Å². The fourth-order valence-electron chi connectivity index (χ4n) is 3.11. The Kier molecular flexibility index (Phi) is 6.05. The first-order valence-electron chi connectivity index (χ1n) is 7.96. The maximum Gasteiger partial charge on any atom is 0.251 e. The van der Waals surface area contributed by atoms with Gasteiger partial charge < -0.3 is 15.8 Å². The molecular weight excluding hydrogens is 264 g/mol. The first kappa shape index (κ1) is 15.8. The van der Waals surface area contributed by atoms with E-state index in [1.54, 1.807) is 24.3 Å². The predicted octanol–water partition coefficient (Wildman–Crippen LogP) is 2.98. The number of ether oxygens (including phenoxy) is 1. The molecule has 116 valence electrons. The smallest absolute Gasteiger partial charge is 0.251 e. The Morgan fingerprint density at radius 1 is 1.43 bits per heavy atom. The number of rotatable bonds is 7. The van der Waals surface area contributed by atoms with Crippen LogP contribution in [0.25, 0.3) is 0 Å². The average Bonchev–Trinajstić information content (AvgIpc) is 3.00. The van der Waals surface area contributed by atoms with Crippen molar-refractivity contribution < 1.29 is 9.53 Å². The van der Waals surface area contributed by atoms with Gasteiger partial charge in [0.1, 0.15) is 0 Å². The summed E-state index contributed by atoms with van der Waals surface area (Å²) in [5.74, 6) is 0.596. The minimum Gasteiger partial charge on any atom is -0.399 e. The normalized spacial score (nSPS) is 16.8. The number of benzene rings is 1. The molecule has 1 unspecified atom stereocenters. The van der Waals surface area contributed by atoms with E-state index in [2.05, 4.69) is 5.32 Å². The topological polar surface area (TPSA) is 64.3 Å². The first-order valence-corrected chi connectivity index (χ1v) is 7.96. The molecule has 0 heterocycles. The number of anilines is 1. The van der Waals surface area contributed by atoms with E-state index in [0.29, 0.717) is 23.7 Å². The van der Waals surface area contributed by atoms with Gasteiger partial charge in [0.25, 0.3) is 5.91 Å². The van der Waals surface area contributed by atoms with E-state index >= 15 is 0 Å². The van der Waals surface area contributed by atoms with E-state index in [1.807, 2.05) is 6.92 Å². The van der Waals surface area contributed by atoms with Gasteiger partial charge in [-0.1, -0.05) is 18.9 Å². The van der Waals surface area contributed by atoms with Crippen LogP contribution >= 0.6 is 0 Å². The molecule has 0 saturated heterocycles. The van der Waals surface area contributed by atoms with Crippen molar-refractivity contribution in [3.63, 3.8) is 0 Å². The summed E-state index contributed by atoms with van der Waals surface area (Å²) in [4.78, 5) is 12.1. The second kappa shape index (κ2) is 8.03. The molecule has 1 aliphatic carbocycles. The zero-order valence-corrected chi connectivity index (χ0v) is 12.8. The average molecular weight is 290 g/mol. The Morgan fingerprint density at radius 3 is 2.86 bits per heavy atom. The number of hydrogen-bond acceptors (Lipinski definition) is 3. The van der Waals surface area contributed by atoms with Gasteiger partial charge in [0.15, 0.2) is 0 Å². The van der Waals surface area contributed by atoms with Gasteiger partial charge in [-0.15, -0.1) is 0 Å². The third-order valence-electron chi connectivity index (χ3n) is 4.17. The van der Waals surface area contributed by atoms with Crippen LogP contribution in [0, 0.1) is 5.92 Å². The molecular formula is C17H26N2O2. The van der Waals surface area contributed by atoms with Crippen molar-refractivity contribution in [2.24, 2.45) is 5.92 Å². The lowest BCUT2D eigenvalue weighted by molar-refractivity contribution is 0.0163. The van der Waals surface area contributed by atoms with Gasteiger partial charge in [0.2, 0.25) is 0 Å². The highest BCUT2D eigenvalue weighted by molar-refractivity contribution is 5.94. The Hall–Kier alpha value is -1.55. The molecule has 4 heteroatoms. The number of nitrogens with two attached hydrogens (primary N) is 1. The molecule has 0 spiro atoms. The summed E-state index contributed by atoms with van der Waals surface area (Å²) in [5, 5.41) is 2.96. The van der Waals surface area contributed by atoms with Crippen LogP contribution in [0.15, 0.2) is 24.3 Å². The third-order valence-corrected chi connectivity index (χ3v) is 4.17. The molecule has 1 aromatic rings. The third kappa shape index (κ3) is 4.74. The molecule has 0 bridgehead atoms. The maximum absolute atomic E-state index is 12.1. The highest BCUT2D eigenvalue weighted by Gasteiger charge is 2.25. The quantitative estimate of drug-likeness (QED) is 0.759. The van der Waals surface area contributed by atoms with Crippen LogP contribution in [0.2, 0.25) is 0 Å². The molecule has 2 rings (SSSR count). The molecule has 1 fully saturated rings. The number of nitrogen functional groups attached to an aromatic ring is 1. The Balaban J connectivity index is 1.80. The number of carbonyl (C=O) groups is 1. The fraction of sp³-hybridized carbons (Fsp3) is 0.588. The van der Waals surface area contributed by atoms with Crippen LogP contribution in [0.5, 0.6) is 0 Å². The lowest BCUT2D eigenvalue weighted by atomic mass is 9.98. The van der Waals surface area contributed by atoms with Gasteiger partial charge in [-0.3, -0.25) is 4.79 Å². The summed E-state index contributed by atoms with van der Waals surface area (Å²) < 4.78 is 5.86. The second-order valence-electron chi connectivity index (χ2n) is 5.71. The zero-order chi connectivity index (χ0) is 15.1. The summed E-state index contributed by atoms with van der Waals surface area (Å²) in [6, 6.07) is 7.06. The van der Waals surface area contributed by atoms with E-state index in [4.69, 9.17) is 10.5 Å². The molecule has 1 amide bonds. The van der Waals surface area contributed by atoms with Crippen LogP contribution in [0.3, 0.4) is 0 Å². The molecule has 0 aliphatic heterocycles. The summed E-state index contributed by atoms with van der Waals surface area (Å²) in [6.45, 7) is 3.42. The van der Waals surface area contributed by atoms with Crippen molar-refractivity contribution >= 4 is 11.6 Å². The lowest BCUT2D eigenvalue weighted by Gasteiger charge is -2.23. The minimum atomic E-state index is -0.0658. The summed E-state index contributed by atoms with van der Waals surface area (Å²) in [7, 11) is 0. The minimum absolute atomic E-state index is 0.0658. The van der Waals surface area contributed by atoms with Gasteiger partial charge in [0.05, 0.1) is 6.10 Å². The predicted molar refractivity (Wildman–Crippen MR) is 85.2 cm³/mol. The summed E-state index contributed by atoms with van der Waals surface area (Å²) in [5.41, 5.74) is 6.92. The van der Waals surface area contributed by atoms with E-state index in [-0.39, 0.29) is 12.0 Å². The largest absolute Gasteiger partial charge is 0.399 e. The second-order valence-corrected chi connectivity index (χ2v) is 5.71. The Labute approximate surface area is 127 Å². The summed E-state index contributed by atoms with van der Waals surface area (Å²) >= 11 is 0. The number of amides is 1. The lowest BCUT2D eigenvalue weighted by Crippen LogP contribution is -2.31. The molecule has 3 N–H and O–H groups in total. The highest BCUT2D eigenvalue weighted by atomic mass is 16.5. The van der Waals surface area contributed by atoms with Gasteiger partial charge >= 0.3 is 0 Å². The van der Waals surface area contributed by atoms with Crippen molar-refractivity contribution in [1.29, 1.82) is 0 Å². The van der Waals surface area contributed by atoms with E-state index < -0.39 is 0 Å². The molecule has 1 aromatic carbocycles. The zero-order valence-electron chi connectivity index (χ0n) is 12.8. The Bertz CT molecular complexity index is 456. The van der Waals surface area contributed by atoms with Crippen molar-refractivity contribution in [3.05, 3.63) is 29.8 Å². The fourth-order valence-corrected chi connectivity index (χ4v) is 3.11. The van der Waals surface area contributed by atoms with Crippen LogP contribution in [0.4, 0.5) is 5.69 Å². The molecule has 1 atom stereocenters. The number of hydrogen-bond donors (Lipinski definition) is 2. The van der Waals surface area contributed by atoms with Crippen LogP contribution in [-0.2, 0) is 4.74 Å². The van der Waals surface area contributed by atoms with E-state index in [1.165, 1.54) is 25.7 Å². The molecule has 21 heavy (non-hydrogen) atoms. The van der Waals surface area contributed by atoms with Crippen LogP contribution in [-0.4, -0.2) is 25.2 Å². The molecule has 0 radical (unpaired) electrons.